The van der Waals surface area contributed by atoms with Crippen LogP contribution in [-0.2, 0) is 6.42 Å². The van der Waals surface area contributed by atoms with Crippen molar-refractivity contribution in [3.8, 4) is 0 Å². The molecule has 2 rings (SSSR count). The second kappa shape index (κ2) is 3.06. The number of fused-ring (bicyclic) bond motifs is 1. The Balaban J connectivity index is 2.21. The van der Waals surface area contributed by atoms with Crippen LogP contribution >= 0.6 is 0 Å². The van der Waals surface area contributed by atoms with Gasteiger partial charge in [-0.25, -0.2) is 0 Å². The van der Waals surface area contributed by atoms with Crippen LogP contribution in [0.25, 0.3) is 0 Å². The van der Waals surface area contributed by atoms with E-state index >= 15 is 0 Å². The maximum atomic E-state index is 3.61. The van der Waals surface area contributed by atoms with Gasteiger partial charge in [-0.2, -0.15) is 0 Å². The van der Waals surface area contributed by atoms with Crippen molar-refractivity contribution >= 4 is 5.69 Å². The summed E-state index contributed by atoms with van der Waals surface area (Å²) in [6, 6.07) is 8.63. The van der Waals surface area contributed by atoms with Gasteiger partial charge in [0.05, 0.1) is 0 Å². The van der Waals surface area contributed by atoms with Crippen LogP contribution in [0.2, 0.25) is 0 Å². The number of nitrogens with one attached hydrogen (secondary N) is 1. The van der Waals surface area contributed by atoms with E-state index in [9.17, 15) is 0 Å². The van der Waals surface area contributed by atoms with Crippen LogP contribution in [0.1, 0.15) is 32.3 Å². The number of hydrogen-bond acceptors (Lipinski definition) is 1. The topological polar surface area (TPSA) is 12.0 Å². The molecule has 1 N–H and O–H groups in total. The summed E-state index contributed by atoms with van der Waals surface area (Å²) in [6.07, 6.45) is 3.68. The first-order valence-corrected chi connectivity index (χ1v) is 5.10. The van der Waals surface area contributed by atoms with E-state index in [2.05, 4.69) is 43.4 Å². The minimum atomic E-state index is 0.304. The van der Waals surface area contributed by atoms with Crippen LogP contribution < -0.4 is 5.32 Å². The Bertz CT molecular complexity index is 279. The lowest BCUT2D eigenvalue weighted by atomic mass is 9.93. The molecule has 0 saturated carbocycles. The average molecular weight is 175 g/mol. The highest BCUT2D eigenvalue weighted by molar-refractivity contribution is 5.58. The minimum absolute atomic E-state index is 0.304. The lowest BCUT2D eigenvalue weighted by molar-refractivity contribution is 0.483. The van der Waals surface area contributed by atoms with Gasteiger partial charge in [-0.1, -0.05) is 31.5 Å². The maximum Gasteiger partial charge on any atom is 0.0386 e. The number of hydrogen-bond donors (Lipinski definition) is 1. The molecule has 0 radical (unpaired) electrons. The Kier molecular flexibility index (Phi) is 2.03. The molecule has 0 aliphatic carbocycles. The van der Waals surface area contributed by atoms with E-state index in [-0.39, 0.29) is 0 Å². The van der Waals surface area contributed by atoms with E-state index in [4.69, 9.17) is 0 Å². The molecule has 0 spiro atoms. The molecule has 0 fully saturated rings. The fourth-order valence-electron chi connectivity index (χ4n) is 2.29. The molecular weight excluding hydrogens is 158 g/mol. The van der Waals surface area contributed by atoms with E-state index in [1.54, 1.807) is 0 Å². The van der Waals surface area contributed by atoms with Crippen LogP contribution in [0.15, 0.2) is 24.3 Å². The molecule has 1 heterocycles. The fourth-order valence-corrected chi connectivity index (χ4v) is 2.29. The molecular formula is C12H17N. The van der Waals surface area contributed by atoms with Gasteiger partial charge in [0.15, 0.2) is 0 Å². The molecule has 0 bridgehead atoms. The molecule has 13 heavy (non-hydrogen) atoms. The van der Waals surface area contributed by atoms with Gasteiger partial charge in [0, 0.05) is 11.2 Å². The largest absolute Gasteiger partial charge is 0.379 e. The third-order valence-corrected chi connectivity index (χ3v) is 2.84. The first-order valence-electron chi connectivity index (χ1n) is 5.10. The van der Waals surface area contributed by atoms with Crippen LogP contribution in [0.4, 0.5) is 5.69 Å². The Morgan fingerprint density at radius 2 is 2.15 bits per heavy atom. The van der Waals surface area contributed by atoms with Crippen molar-refractivity contribution in [3.63, 3.8) is 0 Å². The highest BCUT2D eigenvalue weighted by Gasteiger charge is 2.30. The number of anilines is 1. The molecule has 1 aromatic rings. The summed E-state index contributed by atoms with van der Waals surface area (Å²) >= 11 is 0. The Morgan fingerprint density at radius 1 is 1.38 bits per heavy atom. The average Bonchev–Trinajstić information content (AvgIpc) is 2.40. The zero-order chi connectivity index (χ0) is 9.31. The van der Waals surface area contributed by atoms with Crippen molar-refractivity contribution in [2.75, 3.05) is 5.32 Å². The summed E-state index contributed by atoms with van der Waals surface area (Å²) in [4.78, 5) is 0. The number of para-hydroxylation sites is 1. The predicted octanol–water partition coefficient (Wildman–Crippen LogP) is 3.21. The second-order valence-corrected chi connectivity index (χ2v) is 4.27. The van der Waals surface area contributed by atoms with E-state index in [0.29, 0.717) is 5.54 Å². The van der Waals surface area contributed by atoms with Crippen LogP contribution in [0, 0.1) is 0 Å². The summed E-state index contributed by atoms with van der Waals surface area (Å²) < 4.78 is 0. The van der Waals surface area contributed by atoms with Crippen molar-refractivity contribution in [2.45, 2.75) is 38.6 Å². The summed E-state index contributed by atoms with van der Waals surface area (Å²) in [5, 5.41) is 3.61. The van der Waals surface area contributed by atoms with Gasteiger partial charge in [-0.05, 0) is 31.4 Å². The second-order valence-electron chi connectivity index (χ2n) is 4.27. The zero-order valence-corrected chi connectivity index (χ0v) is 8.43. The SMILES string of the molecule is CCCC1(C)Cc2ccccc2N1. The highest BCUT2D eigenvalue weighted by atomic mass is 15.0. The molecule has 70 valence electrons. The van der Waals surface area contributed by atoms with Gasteiger partial charge in [0.2, 0.25) is 0 Å². The van der Waals surface area contributed by atoms with E-state index in [1.807, 2.05) is 0 Å². The molecule has 1 aromatic carbocycles. The molecule has 0 saturated heterocycles. The normalized spacial score (nSPS) is 25.4. The van der Waals surface area contributed by atoms with E-state index in [1.165, 1.54) is 30.5 Å². The summed E-state index contributed by atoms with van der Waals surface area (Å²) in [7, 11) is 0. The molecule has 1 atom stereocenters. The van der Waals surface area contributed by atoms with Gasteiger partial charge in [-0.15, -0.1) is 0 Å². The first-order chi connectivity index (χ1) is 6.23. The van der Waals surface area contributed by atoms with Crippen molar-refractivity contribution in [3.05, 3.63) is 29.8 Å². The highest BCUT2D eigenvalue weighted by Crippen LogP contribution is 2.34. The lowest BCUT2D eigenvalue weighted by Crippen LogP contribution is -2.31. The van der Waals surface area contributed by atoms with Gasteiger partial charge >= 0.3 is 0 Å². The minimum Gasteiger partial charge on any atom is -0.379 e. The summed E-state index contributed by atoms with van der Waals surface area (Å²) in [6.45, 7) is 4.56. The molecule has 1 heteroatoms. The first kappa shape index (κ1) is 8.61. The van der Waals surface area contributed by atoms with Crippen LogP contribution in [0.5, 0.6) is 0 Å². The van der Waals surface area contributed by atoms with Gasteiger partial charge in [0.25, 0.3) is 0 Å². The van der Waals surface area contributed by atoms with Crippen molar-refractivity contribution in [1.82, 2.24) is 0 Å². The fraction of sp³-hybridized carbons (Fsp3) is 0.500. The third-order valence-electron chi connectivity index (χ3n) is 2.84. The van der Waals surface area contributed by atoms with Gasteiger partial charge in [0.1, 0.15) is 0 Å². The number of benzene rings is 1. The Morgan fingerprint density at radius 3 is 2.85 bits per heavy atom. The quantitative estimate of drug-likeness (QED) is 0.727. The van der Waals surface area contributed by atoms with Gasteiger partial charge < -0.3 is 5.32 Å². The molecule has 1 aliphatic heterocycles. The van der Waals surface area contributed by atoms with E-state index < -0.39 is 0 Å². The summed E-state index contributed by atoms with van der Waals surface area (Å²) in [5.41, 5.74) is 3.11. The maximum absolute atomic E-state index is 3.61. The van der Waals surface area contributed by atoms with Crippen molar-refractivity contribution in [2.24, 2.45) is 0 Å². The number of rotatable bonds is 2. The monoisotopic (exact) mass is 175 g/mol. The van der Waals surface area contributed by atoms with Crippen molar-refractivity contribution in [1.29, 1.82) is 0 Å². The zero-order valence-electron chi connectivity index (χ0n) is 8.43. The predicted molar refractivity (Wildman–Crippen MR) is 57.1 cm³/mol. The third kappa shape index (κ3) is 1.55. The van der Waals surface area contributed by atoms with Crippen LogP contribution in [-0.4, -0.2) is 5.54 Å². The molecule has 0 aromatic heterocycles. The van der Waals surface area contributed by atoms with Crippen LogP contribution in [0.3, 0.4) is 0 Å². The molecule has 1 aliphatic rings. The van der Waals surface area contributed by atoms with Gasteiger partial charge in [-0.3, -0.25) is 0 Å². The standard InChI is InChI=1S/C12H17N/c1-3-8-12(2)9-10-6-4-5-7-11(10)13-12/h4-7,13H,3,8-9H2,1-2H3. The molecule has 1 unspecified atom stereocenters. The Hall–Kier alpha value is -0.980. The summed E-state index contributed by atoms with van der Waals surface area (Å²) in [5.74, 6) is 0. The molecule has 0 amide bonds. The lowest BCUT2D eigenvalue weighted by Gasteiger charge is -2.24. The van der Waals surface area contributed by atoms with Crippen molar-refractivity contribution < 1.29 is 0 Å². The van der Waals surface area contributed by atoms with E-state index in [0.717, 1.165) is 0 Å². The Labute approximate surface area is 80.2 Å². The smallest absolute Gasteiger partial charge is 0.0386 e. The molecule has 1 nitrogen and oxygen atoms in total.